The van der Waals surface area contributed by atoms with Crippen LogP contribution in [-0.2, 0) is 10.9 Å². The minimum absolute atomic E-state index is 0.151. The van der Waals surface area contributed by atoms with E-state index in [0.717, 1.165) is 37.0 Å². The van der Waals surface area contributed by atoms with E-state index in [1.165, 1.54) is 6.92 Å². The molecule has 3 aromatic rings. The van der Waals surface area contributed by atoms with Crippen molar-refractivity contribution in [3.8, 4) is 17.0 Å². The lowest BCUT2D eigenvalue weighted by Crippen LogP contribution is -2.21. The molecule has 0 aliphatic carbocycles. The van der Waals surface area contributed by atoms with Crippen LogP contribution in [0.4, 0.5) is 13.2 Å². The van der Waals surface area contributed by atoms with Gasteiger partial charge in [0.1, 0.15) is 5.75 Å². The van der Waals surface area contributed by atoms with Gasteiger partial charge in [0.05, 0.1) is 23.9 Å². The Hall–Kier alpha value is -2.61. The van der Waals surface area contributed by atoms with Gasteiger partial charge in [-0.25, -0.2) is 4.98 Å². The number of halogens is 3. The Labute approximate surface area is 153 Å². The predicted molar refractivity (Wildman–Crippen MR) is 93.5 cm³/mol. The van der Waals surface area contributed by atoms with E-state index < -0.39 is 17.5 Å². The number of hydrogen-bond acceptors (Lipinski definition) is 4. The fourth-order valence-corrected chi connectivity index (χ4v) is 3.44. The average Bonchev–Trinajstić information content (AvgIpc) is 3.04. The lowest BCUT2D eigenvalue weighted by molar-refractivity contribution is -0.137. The Kier molecular flexibility index (Phi) is 4.30. The number of alkyl halides is 3. The van der Waals surface area contributed by atoms with Crippen molar-refractivity contribution in [3.63, 3.8) is 0 Å². The Morgan fingerprint density at radius 2 is 2.07 bits per heavy atom. The molecule has 142 valence electrons. The van der Waals surface area contributed by atoms with Gasteiger partial charge in [-0.3, -0.25) is 4.68 Å². The van der Waals surface area contributed by atoms with Gasteiger partial charge in [0, 0.05) is 23.8 Å². The van der Waals surface area contributed by atoms with Gasteiger partial charge in [0.2, 0.25) is 0 Å². The van der Waals surface area contributed by atoms with Crippen molar-refractivity contribution in [3.05, 3.63) is 41.6 Å². The zero-order valence-electron chi connectivity index (χ0n) is 14.6. The van der Waals surface area contributed by atoms with E-state index in [2.05, 4.69) is 10.1 Å². The molecule has 0 spiro atoms. The molecule has 5 nitrogen and oxygen atoms in total. The lowest BCUT2D eigenvalue weighted by Gasteiger charge is -2.21. The maximum Gasteiger partial charge on any atom is 0.416 e. The topological polar surface area (TPSA) is 60.2 Å². The summed E-state index contributed by atoms with van der Waals surface area (Å²) >= 11 is 0. The van der Waals surface area contributed by atoms with Gasteiger partial charge in [0.15, 0.2) is 5.65 Å². The van der Waals surface area contributed by atoms with Crippen LogP contribution in [-0.4, -0.2) is 33.1 Å². The highest BCUT2D eigenvalue weighted by Crippen LogP contribution is 2.38. The van der Waals surface area contributed by atoms with Crippen molar-refractivity contribution in [2.24, 2.45) is 0 Å². The minimum Gasteiger partial charge on any atom is -0.507 e. The molecule has 0 saturated carbocycles. The first kappa shape index (κ1) is 17.8. The Morgan fingerprint density at radius 1 is 1.26 bits per heavy atom. The maximum absolute atomic E-state index is 12.9. The highest BCUT2D eigenvalue weighted by molar-refractivity contribution is 5.80. The Morgan fingerprint density at radius 3 is 2.74 bits per heavy atom. The highest BCUT2D eigenvalue weighted by Gasteiger charge is 2.32. The normalized spacial score (nSPS) is 18.1. The van der Waals surface area contributed by atoms with E-state index in [-0.39, 0.29) is 11.6 Å². The molecular formula is C19H18F3N3O2. The van der Waals surface area contributed by atoms with Crippen LogP contribution in [0.2, 0.25) is 0 Å². The van der Waals surface area contributed by atoms with Gasteiger partial charge >= 0.3 is 6.18 Å². The number of aromatic hydroxyl groups is 1. The van der Waals surface area contributed by atoms with E-state index in [4.69, 9.17) is 4.74 Å². The van der Waals surface area contributed by atoms with E-state index in [1.807, 2.05) is 10.9 Å². The smallest absolute Gasteiger partial charge is 0.416 e. The third kappa shape index (κ3) is 3.37. The molecular weight excluding hydrogens is 359 g/mol. The third-order valence-electron chi connectivity index (χ3n) is 4.80. The summed E-state index contributed by atoms with van der Waals surface area (Å²) in [5.74, 6) is -0.450. The average molecular weight is 377 g/mol. The van der Waals surface area contributed by atoms with Crippen molar-refractivity contribution < 1.29 is 23.0 Å². The van der Waals surface area contributed by atoms with Crippen LogP contribution in [0.3, 0.4) is 0 Å². The summed E-state index contributed by atoms with van der Waals surface area (Å²) in [6.45, 7) is 2.87. The van der Waals surface area contributed by atoms with E-state index in [9.17, 15) is 18.3 Å². The van der Waals surface area contributed by atoms with Crippen molar-refractivity contribution in [1.29, 1.82) is 0 Å². The molecule has 1 N–H and O–H groups in total. The van der Waals surface area contributed by atoms with Gasteiger partial charge in [-0.05, 0) is 49.6 Å². The molecule has 4 rings (SSSR count). The zero-order chi connectivity index (χ0) is 19.2. The summed E-state index contributed by atoms with van der Waals surface area (Å²) in [7, 11) is 0. The Balaban J connectivity index is 1.74. The number of hydrogen-bond donors (Lipinski definition) is 1. The van der Waals surface area contributed by atoms with E-state index >= 15 is 0 Å². The minimum atomic E-state index is -4.51. The molecule has 0 bridgehead atoms. The van der Waals surface area contributed by atoms with Gasteiger partial charge in [0.25, 0.3) is 0 Å². The van der Waals surface area contributed by atoms with Gasteiger partial charge < -0.3 is 9.84 Å². The maximum atomic E-state index is 12.9. The fourth-order valence-electron chi connectivity index (χ4n) is 3.44. The van der Waals surface area contributed by atoms with Crippen molar-refractivity contribution in [2.75, 3.05) is 13.2 Å². The molecule has 1 fully saturated rings. The number of nitrogens with zero attached hydrogens (tertiary/aromatic N) is 3. The first-order valence-corrected chi connectivity index (χ1v) is 8.68. The van der Waals surface area contributed by atoms with Gasteiger partial charge in [-0.1, -0.05) is 0 Å². The molecule has 1 aliphatic heterocycles. The summed E-state index contributed by atoms with van der Waals surface area (Å²) in [5.41, 5.74) is 0.562. The van der Waals surface area contributed by atoms with Crippen molar-refractivity contribution in [2.45, 2.75) is 32.0 Å². The standard InChI is InChI=1S/C19H18F3N3O2/c1-11-7-13(19(20,21)22)8-16(26)17(11)15-5-4-12-9-25(24-18(12)23-15)14-3-2-6-27-10-14/h4-5,7-9,14,26H,2-3,6,10H2,1H3/t14-/m1/s1. The quantitative estimate of drug-likeness (QED) is 0.715. The van der Waals surface area contributed by atoms with Crippen molar-refractivity contribution >= 4 is 11.0 Å². The molecule has 0 radical (unpaired) electrons. The second-order valence-corrected chi connectivity index (χ2v) is 6.77. The van der Waals surface area contributed by atoms with Crippen LogP contribution in [0.25, 0.3) is 22.3 Å². The number of aromatic nitrogens is 3. The first-order valence-electron chi connectivity index (χ1n) is 8.68. The van der Waals surface area contributed by atoms with Crippen LogP contribution in [0.5, 0.6) is 5.75 Å². The number of aryl methyl sites for hydroxylation is 1. The number of ether oxygens (including phenoxy) is 1. The van der Waals surface area contributed by atoms with Gasteiger partial charge in [-0.2, -0.15) is 18.3 Å². The Bertz CT molecular complexity index is 969. The predicted octanol–water partition coefficient (Wildman–Crippen LogP) is 4.48. The molecule has 0 amide bonds. The molecule has 3 heterocycles. The summed E-state index contributed by atoms with van der Waals surface area (Å²) < 4.78 is 46.1. The number of benzene rings is 1. The zero-order valence-corrected chi connectivity index (χ0v) is 14.6. The molecule has 8 heteroatoms. The molecule has 1 aromatic carbocycles. The second-order valence-electron chi connectivity index (χ2n) is 6.77. The molecule has 2 aromatic heterocycles. The fraction of sp³-hybridized carbons (Fsp3) is 0.368. The van der Waals surface area contributed by atoms with Gasteiger partial charge in [-0.15, -0.1) is 0 Å². The summed E-state index contributed by atoms with van der Waals surface area (Å²) in [4.78, 5) is 4.46. The van der Waals surface area contributed by atoms with E-state index in [0.29, 0.717) is 23.5 Å². The number of phenolic OH excluding ortho intramolecular Hbond substituents is 1. The van der Waals surface area contributed by atoms with Crippen molar-refractivity contribution in [1.82, 2.24) is 14.8 Å². The van der Waals surface area contributed by atoms with Crippen LogP contribution < -0.4 is 0 Å². The molecule has 27 heavy (non-hydrogen) atoms. The number of fused-ring (bicyclic) bond motifs is 1. The second kappa shape index (κ2) is 6.53. The van der Waals surface area contributed by atoms with Crippen LogP contribution in [0.1, 0.15) is 30.0 Å². The molecule has 0 unspecified atom stereocenters. The molecule has 1 atom stereocenters. The molecule has 1 saturated heterocycles. The number of rotatable bonds is 2. The van der Waals surface area contributed by atoms with Crippen LogP contribution in [0, 0.1) is 6.92 Å². The summed E-state index contributed by atoms with van der Waals surface area (Å²) in [6.07, 6.45) is -0.679. The summed E-state index contributed by atoms with van der Waals surface area (Å²) in [5, 5.41) is 15.5. The summed E-state index contributed by atoms with van der Waals surface area (Å²) in [6, 6.07) is 5.38. The third-order valence-corrected chi connectivity index (χ3v) is 4.80. The van der Waals surface area contributed by atoms with Crippen LogP contribution in [0.15, 0.2) is 30.5 Å². The number of phenols is 1. The molecule has 1 aliphatic rings. The van der Waals surface area contributed by atoms with Crippen LogP contribution >= 0.6 is 0 Å². The largest absolute Gasteiger partial charge is 0.507 e. The first-order chi connectivity index (χ1) is 12.8. The lowest BCUT2D eigenvalue weighted by atomic mass is 10.00. The highest BCUT2D eigenvalue weighted by atomic mass is 19.4. The monoisotopic (exact) mass is 377 g/mol. The number of pyridine rings is 1. The SMILES string of the molecule is Cc1cc(C(F)(F)F)cc(O)c1-c1ccc2cn([C@@H]3CCCOC3)nc2n1. The van der Waals surface area contributed by atoms with E-state index in [1.54, 1.807) is 12.1 Å².